The number of fused-ring (bicyclic) bond motifs is 1. The fraction of sp³-hybridized carbons (Fsp3) is 0.111. The van der Waals surface area contributed by atoms with E-state index in [4.69, 9.17) is 9.73 Å². The summed E-state index contributed by atoms with van der Waals surface area (Å²) in [7, 11) is 0. The van der Waals surface area contributed by atoms with E-state index in [-0.39, 0.29) is 5.97 Å². The molecule has 4 heteroatoms. The van der Waals surface area contributed by atoms with Gasteiger partial charge < -0.3 is 9.30 Å². The van der Waals surface area contributed by atoms with E-state index < -0.39 is 0 Å². The fourth-order valence-corrected chi connectivity index (χ4v) is 3.51. The number of carbonyl (C=O) groups is 1. The first-order valence-corrected chi connectivity index (χ1v) is 10.3. The number of carbonyl (C=O) groups excluding carboxylic acids is 1. The highest BCUT2D eigenvalue weighted by Gasteiger charge is 2.08. The number of esters is 1. The molecule has 0 amide bonds. The van der Waals surface area contributed by atoms with E-state index in [1.165, 1.54) is 22.5 Å². The number of hydrogen-bond donors (Lipinski definition) is 0. The van der Waals surface area contributed by atoms with Crippen molar-refractivity contribution in [2.45, 2.75) is 13.5 Å². The second-order valence-corrected chi connectivity index (χ2v) is 7.10. The SMILES string of the molecule is CCOC(=O)/C=C\c1ccccc1N=Cc1cc2ccccc2n1Cc1ccccc1. The van der Waals surface area contributed by atoms with Gasteiger partial charge in [-0.3, -0.25) is 4.99 Å². The second kappa shape index (κ2) is 9.72. The van der Waals surface area contributed by atoms with Gasteiger partial charge in [0.05, 0.1) is 24.2 Å². The number of benzene rings is 3. The van der Waals surface area contributed by atoms with Crippen molar-refractivity contribution in [1.29, 1.82) is 0 Å². The Labute approximate surface area is 182 Å². The Morgan fingerprint density at radius 1 is 0.968 bits per heavy atom. The van der Waals surface area contributed by atoms with Gasteiger partial charge >= 0.3 is 5.97 Å². The molecule has 0 saturated heterocycles. The molecule has 31 heavy (non-hydrogen) atoms. The summed E-state index contributed by atoms with van der Waals surface area (Å²) >= 11 is 0. The lowest BCUT2D eigenvalue weighted by atomic mass is 10.1. The Morgan fingerprint density at radius 3 is 2.55 bits per heavy atom. The third-order valence-corrected chi connectivity index (χ3v) is 4.98. The van der Waals surface area contributed by atoms with Crippen molar-refractivity contribution in [1.82, 2.24) is 4.57 Å². The Balaban J connectivity index is 1.68. The second-order valence-electron chi connectivity index (χ2n) is 7.10. The van der Waals surface area contributed by atoms with Crippen LogP contribution in [0.4, 0.5) is 5.69 Å². The van der Waals surface area contributed by atoms with Gasteiger partial charge in [-0.1, -0.05) is 66.7 Å². The molecule has 0 atom stereocenters. The zero-order chi connectivity index (χ0) is 21.5. The Kier molecular flexibility index (Phi) is 6.38. The molecule has 3 aromatic carbocycles. The van der Waals surface area contributed by atoms with Crippen LogP contribution in [0, 0.1) is 0 Å². The first kappa shape index (κ1) is 20.4. The molecule has 4 rings (SSSR count). The van der Waals surface area contributed by atoms with Gasteiger partial charge in [-0.05, 0) is 36.8 Å². The van der Waals surface area contributed by atoms with Gasteiger partial charge in [-0.25, -0.2) is 4.79 Å². The van der Waals surface area contributed by atoms with Gasteiger partial charge in [0.25, 0.3) is 0 Å². The maximum Gasteiger partial charge on any atom is 0.330 e. The molecule has 0 unspecified atom stereocenters. The monoisotopic (exact) mass is 408 g/mol. The summed E-state index contributed by atoms with van der Waals surface area (Å²) in [6, 6.07) is 28.6. The summed E-state index contributed by atoms with van der Waals surface area (Å²) in [4.78, 5) is 16.4. The Bertz CT molecular complexity index is 1240. The lowest BCUT2D eigenvalue weighted by Gasteiger charge is -2.09. The van der Waals surface area contributed by atoms with Crippen LogP contribution in [0.1, 0.15) is 23.7 Å². The minimum absolute atomic E-state index is 0.356. The van der Waals surface area contributed by atoms with Crippen LogP contribution in [0.25, 0.3) is 17.0 Å². The van der Waals surface area contributed by atoms with Crippen molar-refractivity contribution in [3.63, 3.8) is 0 Å². The van der Waals surface area contributed by atoms with E-state index in [1.807, 2.05) is 42.6 Å². The normalized spacial score (nSPS) is 11.5. The fourth-order valence-electron chi connectivity index (χ4n) is 3.51. The van der Waals surface area contributed by atoms with Crippen LogP contribution in [-0.4, -0.2) is 23.4 Å². The maximum atomic E-state index is 11.7. The van der Waals surface area contributed by atoms with Gasteiger partial charge in [-0.15, -0.1) is 0 Å². The molecule has 0 N–H and O–H groups in total. The number of aliphatic imine (C=N–C) groups is 1. The van der Waals surface area contributed by atoms with Crippen LogP contribution in [0.15, 0.2) is 96.0 Å². The zero-order valence-electron chi connectivity index (χ0n) is 17.4. The number of rotatable bonds is 7. The van der Waals surface area contributed by atoms with E-state index in [0.29, 0.717) is 6.61 Å². The first-order valence-electron chi connectivity index (χ1n) is 10.3. The molecule has 1 heterocycles. The molecule has 4 aromatic rings. The summed E-state index contributed by atoms with van der Waals surface area (Å²) in [6.07, 6.45) is 5.06. The summed E-state index contributed by atoms with van der Waals surface area (Å²) < 4.78 is 7.24. The third-order valence-electron chi connectivity index (χ3n) is 4.98. The lowest BCUT2D eigenvalue weighted by Crippen LogP contribution is -2.03. The van der Waals surface area contributed by atoms with E-state index in [0.717, 1.165) is 23.5 Å². The van der Waals surface area contributed by atoms with E-state index in [2.05, 4.69) is 53.1 Å². The van der Waals surface area contributed by atoms with Crippen LogP contribution in [0.3, 0.4) is 0 Å². The van der Waals surface area contributed by atoms with E-state index in [9.17, 15) is 4.79 Å². The molecule has 0 saturated carbocycles. The smallest absolute Gasteiger partial charge is 0.330 e. The summed E-state index contributed by atoms with van der Waals surface area (Å²) in [6.45, 7) is 2.91. The predicted octanol–water partition coefficient (Wildman–Crippen LogP) is 6.02. The molecule has 0 aliphatic heterocycles. The third kappa shape index (κ3) is 4.98. The first-order chi connectivity index (χ1) is 15.2. The van der Waals surface area contributed by atoms with Crippen LogP contribution in [-0.2, 0) is 16.1 Å². The van der Waals surface area contributed by atoms with Crippen molar-refractivity contribution < 1.29 is 9.53 Å². The van der Waals surface area contributed by atoms with Crippen molar-refractivity contribution >= 4 is 34.9 Å². The largest absolute Gasteiger partial charge is 0.463 e. The predicted molar refractivity (Wildman–Crippen MR) is 127 cm³/mol. The van der Waals surface area contributed by atoms with Crippen molar-refractivity contribution in [3.8, 4) is 0 Å². The van der Waals surface area contributed by atoms with Gasteiger partial charge in [0.2, 0.25) is 0 Å². The molecule has 0 fully saturated rings. The molecule has 0 aliphatic carbocycles. The van der Waals surface area contributed by atoms with Crippen molar-refractivity contribution in [2.75, 3.05) is 6.61 Å². The lowest BCUT2D eigenvalue weighted by molar-refractivity contribution is -0.137. The summed E-state index contributed by atoms with van der Waals surface area (Å²) in [5, 5.41) is 1.18. The molecular formula is C27H24N2O2. The number of hydrogen-bond acceptors (Lipinski definition) is 3. The van der Waals surface area contributed by atoms with Crippen LogP contribution in [0.2, 0.25) is 0 Å². The number of nitrogens with zero attached hydrogens (tertiary/aromatic N) is 2. The highest BCUT2D eigenvalue weighted by molar-refractivity contribution is 5.92. The quantitative estimate of drug-likeness (QED) is 0.213. The Hall–Kier alpha value is -3.92. The van der Waals surface area contributed by atoms with Crippen molar-refractivity contribution in [3.05, 3.63) is 108 Å². The average Bonchev–Trinajstić information content (AvgIpc) is 3.15. The number of aromatic nitrogens is 1. The topological polar surface area (TPSA) is 43.6 Å². The van der Waals surface area contributed by atoms with E-state index >= 15 is 0 Å². The molecule has 0 bridgehead atoms. The molecule has 154 valence electrons. The molecule has 4 nitrogen and oxygen atoms in total. The number of para-hydroxylation sites is 2. The van der Waals surface area contributed by atoms with Crippen molar-refractivity contribution in [2.24, 2.45) is 4.99 Å². The molecular weight excluding hydrogens is 384 g/mol. The molecule has 1 aromatic heterocycles. The minimum Gasteiger partial charge on any atom is -0.463 e. The number of ether oxygens (including phenoxy) is 1. The highest BCUT2D eigenvalue weighted by atomic mass is 16.5. The molecule has 0 aliphatic rings. The van der Waals surface area contributed by atoms with Gasteiger partial charge in [0.1, 0.15) is 0 Å². The summed E-state index contributed by atoms with van der Waals surface area (Å²) in [5.74, 6) is -0.357. The van der Waals surface area contributed by atoms with Gasteiger partial charge in [0.15, 0.2) is 0 Å². The standard InChI is InChI=1S/C27H24N2O2/c1-2-31-27(30)17-16-22-12-6-8-14-25(22)28-19-24-18-23-13-7-9-15-26(23)29(24)20-21-10-4-3-5-11-21/h3-19H,2,20H2,1H3/b17-16-,28-19?. The van der Waals surface area contributed by atoms with Gasteiger partial charge in [-0.2, -0.15) is 0 Å². The average molecular weight is 409 g/mol. The molecule has 0 radical (unpaired) electrons. The molecule has 0 spiro atoms. The van der Waals surface area contributed by atoms with Gasteiger partial charge in [0, 0.05) is 29.1 Å². The highest BCUT2D eigenvalue weighted by Crippen LogP contribution is 2.23. The van der Waals surface area contributed by atoms with Crippen LogP contribution in [0.5, 0.6) is 0 Å². The van der Waals surface area contributed by atoms with Crippen LogP contribution >= 0.6 is 0 Å². The van der Waals surface area contributed by atoms with Crippen LogP contribution < -0.4 is 0 Å². The van der Waals surface area contributed by atoms with E-state index in [1.54, 1.807) is 13.0 Å². The maximum absolute atomic E-state index is 11.7. The summed E-state index contributed by atoms with van der Waals surface area (Å²) in [5.41, 5.74) is 5.07. The zero-order valence-corrected chi connectivity index (χ0v) is 17.4. The minimum atomic E-state index is -0.357. The Morgan fingerprint density at radius 2 is 1.71 bits per heavy atom.